The molecule has 0 bridgehead atoms. The molecule has 0 saturated carbocycles. The minimum Gasteiger partial charge on any atom is -0.494 e. The molecule has 3 rings (SSSR count). The van der Waals surface area contributed by atoms with E-state index in [2.05, 4.69) is 5.32 Å². The summed E-state index contributed by atoms with van der Waals surface area (Å²) < 4.78 is 21.4. The molecule has 1 aromatic heterocycles. The number of benzene rings is 2. The van der Waals surface area contributed by atoms with Gasteiger partial charge in [0.1, 0.15) is 23.2 Å². The standard InChI is InChI=1S/C24H22FN3O2/c1-4-30-21-11-9-20(10-12-21)27-24(29)19(15-26)14-18-13-16(2)28(17(18)3)23-8-6-5-7-22(23)25/h5-14H,4H2,1-3H3,(H,27,29)/b19-14-. The van der Waals surface area contributed by atoms with E-state index in [1.54, 1.807) is 47.0 Å². The van der Waals surface area contributed by atoms with E-state index >= 15 is 0 Å². The minimum atomic E-state index is -0.516. The molecule has 0 radical (unpaired) electrons. The summed E-state index contributed by atoms with van der Waals surface area (Å²) in [5, 5.41) is 12.2. The minimum absolute atomic E-state index is 0.0438. The lowest BCUT2D eigenvalue weighted by molar-refractivity contribution is -0.112. The van der Waals surface area contributed by atoms with Crippen molar-refractivity contribution in [2.24, 2.45) is 0 Å². The van der Waals surface area contributed by atoms with Crippen LogP contribution in [0.5, 0.6) is 5.75 Å². The van der Waals surface area contributed by atoms with Crippen LogP contribution in [-0.4, -0.2) is 17.1 Å². The molecule has 0 aliphatic heterocycles. The van der Waals surface area contributed by atoms with Crippen molar-refractivity contribution in [3.63, 3.8) is 0 Å². The summed E-state index contributed by atoms with van der Waals surface area (Å²) in [5.41, 5.74) is 3.14. The first-order chi connectivity index (χ1) is 14.4. The Bertz CT molecular complexity index is 1140. The SMILES string of the molecule is CCOc1ccc(NC(=O)/C(C#N)=C\c2cc(C)n(-c3ccccc3F)c2C)cc1. The maximum absolute atomic E-state index is 14.3. The summed E-state index contributed by atoms with van der Waals surface area (Å²) in [6.45, 7) is 6.12. The highest BCUT2D eigenvalue weighted by molar-refractivity contribution is 6.09. The van der Waals surface area contributed by atoms with Gasteiger partial charge in [-0.2, -0.15) is 5.26 Å². The first kappa shape index (κ1) is 20.9. The molecular formula is C24H22FN3O2. The quantitative estimate of drug-likeness (QED) is 0.456. The molecule has 3 aromatic rings. The third-order valence-corrected chi connectivity index (χ3v) is 4.65. The van der Waals surface area contributed by atoms with Gasteiger partial charge in [0, 0.05) is 17.1 Å². The zero-order valence-corrected chi connectivity index (χ0v) is 17.1. The van der Waals surface area contributed by atoms with Gasteiger partial charge in [-0.1, -0.05) is 12.1 Å². The Kier molecular flexibility index (Phi) is 6.33. The van der Waals surface area contributed by atoms with E-state index in [4.69, 9.17) is 4.74 Å². The number of nitrogens with one attached hydrogen (secondary N) is 1. The number of carbonyl (C=O) groups excluding carboxylic acids is 1. The topological polar surface area (TPSA) is 67.0 Å². The lowest BCUT2D eigenvalue weighted by Crippen LogP contribution is -2.13. The van der Waals surface area contributed by atoms with Crippen molar-refractivity contribution in [3.05, 3.63) is 82.9 Å². The van der Waals surface area contributed by atoms with Crippen molar-refractivity contribution in [1.29, 1.82) is 5.26 Å². The van der Waals surface area contributed by atoms with Gasteiger partial charge in [0.2, 0.25) is 0 Å². The van der Waals surface area contributed by atoms with Crippen LogP contribution in [0.1, 0.15) is 23.9 Å². The van der Waals surface area contributed by atoms with Crippen LogP contribution in [-0.2, 0) is 4.79 Å². The number of nitriles is 1. The van der Waals surface area contributed by atoms with Gasteiger partial charge in [-0.3, -0.25) is 4.79 Å². The molecule has 30 heavy (non-hydrogen) atoms. The molecule has 152 valence electrons. The number of carbonyl (C=O) groups is 1. The predicted molar refractivity (Wildman–Crippen MR) is 115 cm³/mol. The number of para-hydroxylation sites is 1. The molecule has 0 atom stereocenters. The maximum atomic E-state index is 14.3. The van der Waals surface area contributed by atoms with Crippen molar-refractivity contribution in [1.82, 2.24) is 4.57 Å². The Balaban J connectivity index is 1.87. The van der Waals surface area contributed by atoms with Crippen LogP contribution in [0.4, 0.5) is 10.1 Å². The molecular weight excluding hydrogens is 381 g/mol. The summed E-state index contributed by atoms with van der Waals surface area (Å²) in [6.07, 6.45) is 1.52. The van der Waals surface area contributed by atoms with Gasteiger partial charge in [0.15, 0.2) is 0 Å². The summed E-state index contributed by atoms with van der Waals surface area (Å²) in [4.78, 5) is 12.6. The van der Waals surface area contributed by atoms with Crippen LogP contribution in [0.2, 0.25) is 0 Å². The van der Waals surface area contributed by atoms with Crippen LogP contribution in [0.3, 0.4) is 0 Å². The van der Waals surface area contributed by atoms with Gasteiger partial charge in [-0.25, -0.2) is 4.39 Å². The van der Waals surface area contributed by atoms with Crippen LogP contribution >= 0.6 is 0 Å². The average molecular weight is 403 g/mol. The Morgan fingerprint density at radius 2 is 1.90 bits per heavy atom. The summed E-state index contributed by atoms with van der Waals surface area (Å²) in [7, 11) is 0. The lowest BCUT2D eigenvalue weighted by atomic mass is 10.1. The summed E-state index contributed by atoms with van der Waals surface area (Å²) >= 11 is 0. The Morgan fingerprint density at radius 1 is 1.20 bits per heavy atom. The highest BCUT2D eigenvalue weighted by Crippen LogP contribution is 2.25. The molecule has 0 fully saturated rings. The molecule has 0 unspecified atom stereocenters. The zero-order valence-electron chi connectivity index (χ0n) is 17.1. The average Bonchev–Trinajstić information content (AvgIpc) is 3.01. The van der Waals surface area contributed by atoms with Crippen molar-refractivity contribution < 1.29 is 13.9 Å². The fraction of sp³-hybridized carbons (Fsp3) is 0.167. The number of halogens is 1. The molecule has 0 aliphatic rings. The van der Waals surface area contributed by atoms with Crippen LogP contribution < -0.4 is 10.1 Å². The molecule has 0 saturated heterocycles. The second kappa shape index (κ2) is 9.10. The zero-order chi connectivity index (χ0) is 21.7. The van der Waals surface area contributed by atoms with E-state index in [1.165, 1.54) is 12.1 Å². The van der Waals surface area contributed by atoms with Crippen molar-refractivity contribution in [2.75, 3.05) is 11.9 Å². The molecule has 1 heterocycles. The number of hydrogen-bond donors (Lipinski definition) is 1. The van der Waals surface area contributed by atoms with Crippen molar-refractivity contribution in [2.45, 2.75) is 20.8 Å². The van der Waals surface area contributed by atoms with Gasteiger partial charge in [-0.05, 0) is 74.9 Å². The normalized spacial score (nSPS) is 11.1. The van der Waals surface area contributed by atoms with E-state index in [0.29, 0.717) is 29.3 Å². The van der Waals surface area contributed by atoms with Gasteiger partial charge in [-0.15, -0.1) is 0 Å². The maximum Gasteiger partial charge on any atom is 0.266 e. The number of amides is 1. The number of rotatable bonds is 6. The fourth-order valence-corrected chi connectivity index (χ4v) is 3.24. The van der Waals surface area contributed by atoms with Gasteiger partial charge in [0.05, 0.1) is 12.3 Å². The van der Waals surface area contributed by atoms with Gasteiger partial charge >= 0.3 is 0 Å². The second-order valence-electron chi connectivity index (χ2n) is 6.69. The number of hydrogen-bond acceptors (Lipinski definition) is 3. The highest BCUT2D eigenvalue weighted by atomic mass is 19.1. The number of nitrogens with zero attached hydrogens (tertiary/aromatic N) is 2. The number of ether oxygens (including phenoxy) is 1. The van der Waals surface area contributed by atoms with Crippen LogP contribution in [0.25, 0.3) is 11.8 Å². The van der Waals surface area contributed by atoms with Crippen LogP contribution in [0, 0.1) is 31.0 Å². The lowest BCUT2D eigenvalue weighted by Gasteiger charge is -2.10. The fourth-order valence-electron chi connectivity index (χ4n) is 3.24. The van der Waals surface area contributed by atoms with E-state index < -0.39 is 5.91 Å². The Hall–Kier alpha value is -3.85. The molecule has 5 nitrogen and oxygen atoms in total. The van der Waals surface area contributed by atoms with Crippen molar-refractivity contribution in [3.8, 4) is 17.5 Å². The molecule has 1 amide bonds. The molecule has 6 heteroatoms. The smallest absolute Gasteiger partial charge is 0.266 e. The Morgan fingerprint density at radius 3 is 2.53 bits per heavy atom. The number of anilines is 1. The van der Waals surface area contributed by atoms with E-state index in [9.17, 15) is 14.4 Å². The van der Waals surface area contributed by atoms with Gasteiger partial charge < -0.3 is 14.6 Å². The molecule has 0 spiro atoms. The number of aromatic nitrogens is 1. The molecule has 0 aliphatic carbocycles. The van der Waals surface area contributed by atoms with E-state index in [-0.39, 0.29) is 11.4 Å². The molecule has 2 aromatic carbocycles. The summed E-state index contributed by atoms with van der Waals surface area (Å²) in [5.74, 6) is -0.159. The highest BCUT2D eigenvalue weighted by Gasteiger charge is 2.15. The number of aryl methyl sites for hydroxylation is 1. The first-order valence-electron chi connectivity index (χ1n) is 9.54. The molecule has 1 N–H and O–H groups in total. The largest absolute Gasteiger partial charge is 0.494 e. The van der Waals surface area contributed by atoms with E-state index in [0.717, 1.165) is 11.4 Å². The third kappa shape index (κ3) is 4.41. The first-order valence-corrected chi connectivity index (χ1v) is 9.54. The Labute approximate surface area is 175 Å². The van der Waals surface area contributed by atoms with E-state index in [1.807, 2.05) is 32.9 Å². The second-order valence-corrected chi connectivity index (χ2v) is 6.69. The predicted octanol–water partition coefficient (Wildman–Crippen LogP) is 5.18. The van der Waals surface area contributed by atoms with Gasteiger partial charge in [0.25, 0.3) is 5.91 Å². The van der Waals surface area contributed by atoms with Crippen LogP contribution in [0.15, 0.2) is 60.2 Å². The van der Waals surface area contributed by atoms with Crippen molar-refractivity contribution >= 4 is 17.7 Å². The summed E-state index contributed by atoms with van der Waals surface area (Å²) in [6, 6.07) is 17.2. The monoisotopic (exact) mass is 403 g/mol. The third-order valence-electron chi connectivity index (χ3n) is 4.65.